The van der Waals surface area contributed by atoms with Gasteiger partial charge >= 0.3 is 0 Å². The molecule has 2 aromatic rings. The predicted octanol–water partition coefficient (Wildman–Crippen LogP) is 3.39. The molecule has 0 spiro atoms. The Labute approximate surface area is 144 Å². The molecule has 1 aromatic carbocycles. The summed E-state index contributed by atoms with van der Waals surface area (Å²) in [5.74, 6) is -0.219. The van der Waals surface area contributed by atoms with E-state index < -0.39 is 5.54 Å². The van der Waals surface area contributed by atoms with Crippen LogP contribution in [0.15, 0.2) is 54.9 Å². The van der Waals surface area contributed by atoms with Crippen LogP contribution in [-0.4, -0.2) is 40.7 Å². The van der Waals surface area contributed by atoms with Crippen LogP contribution in [0, 0.1) is 0 Å². The number of hydrogen-bond donors (Lipinski definition) is 0. The van der Waals surface area contributed by atoms with Crippen LogP contribution in [0.25, 0.3) is 0 Å². The highest BCUT2D eigenvalue weighted by Gasteiger charge is 2.42. The quantitative estimate of drug-likeness (QED) is 0.524. The Morgan fingerprint density at radius 2 is 1.58 bits per heavy atom. The van der Waals surface area contributed by atoms with Gasteiger partial charge in [-0.3, -0.25) is 9.59 Å². The van der Waals surface area contributed by atoms with E-state index >= 15 is 0 Å². The summed E-state index contributed by atoms with van der Waals surface area (Å²) in [6.45, 7) is 8.35. The molecule has 0 saturated carbocycles. The third kappa shape index (κ3) is 3.65. The van der Waals surface area contributed by atoms with Gasteiger partial charge in [0.2, 0.25) is 0 Å². The summed E-state index contributed by atoms with van der Waals surface area (Å²) in [5.41, 5.74) is -0.650. The first-order valence-electron chi connectivity index (χ1n) is 8.53. The van der Waals surface area contributed by atoms with Crippen LogP contribution in [0.5, 0.6) is 0 Å². The fourth-order valence-electron chi connectivity index (χ4n) is 2.93. The van der Waals surface area contributed by atoms with Crippen LogP contribution in [0.1, 0.15) is 37.6 Å². The zero-order valence-corrected chi connectivity index (χ0v) is 14.7. The molecule has 4 nitrogen and oxygen atoms in total. The summed E-state index contributed by atoms with van der Waals surface area (Å²) in [6, 6.07) is 12.7. The van der Waals surface area contributed by atoms with Crippen molar-refractivity contribution in [1.29, 1.82) is 0 Å². The smallest absolute Gasteiger partial charge is 0.196 e. The first kappa shape index (κ1) is 18.1. The van der Waals surface area contributed by atoms with Gasteiger partial charge < -0.3 is 9.47 Å². The summed E-state index contributed by atoms with van der Waals surface area (Å²) >= 11 is 0. The predicted molar refractivity (Wildman–Crippen MR) is 96.3 cm³/mol. The third-order valence-electron chi connectivity index (χ3n) is 4.69. The Balaban J connectivity index is 2.31. The number of aromatic nitrogens is 1. The molecule has 24 heavy (non-hydrogen) atoms. The first-order chi connectivity index (χ1) is 11.5. The number of ketones is 2. The van der Waals surface area contributed by atoms with Gasteiger partial charge in [0.05, 0.1) is 0 Å². The van der Waals surface area contributed by atoms with E-state index in [1.54, 1.807) is 36.0 Å². The lowest BCUT2D eigenvalue weighted by atomic mass is 9.85. The molecular formula is C20H26N2O2. The maximum atomic E-state index is 13.1. The minimum absolute atomic E-state index is 0.0561. The van der Waals surface area contributed by atoms with Crippen molar-refractivity contribution >= 4 is 11.6 Å². The second-order valence-corrected chi connectivity index (χ2v) is 6.06. The van der Waals surface area contributed by atoms with Gasteiger partial charge in [0.25, 0.3) is 0 Å². The van der Waals surface area contributed by atoms with E-state index in [1.807, 2.05) is 30.3 Å². The molecule has 128 valence electrons. The lowest BCUT2D eigenvalue weighted by molar-refractivity contribution is -0.125. The molecule has 2 rings (SSSR count). The van der Waals surface area contributed by atoms with Crippen LogP contribution in [0.4, 0.5) is 0 Å². The Morgan fingerprint density at radius 3 is 2.12 bits per heavy atom. The number of Topliss-reactive ketones (excluding diaryl/α,β-unsaturated/α-hetero) is 2. The third-order valence-corrected chi connectivity index (χ3v) is 4.69. The molecule has 0 bridgehead atoms. The lowest BCUT2D eigenvalue weighted by Gasteiger charge is -2.30. The van der Waals surface area contributed by atoms with Crippen molar-refractivity contribution in [1.82, 2.24) is 9.47 Å². The van der Waals surface area contributed by atoms with E-state index in [9.17, 15) is 9.59 Å². The van der Waals surface area contributed by atoms with Gasteiger partial charge in [-0.1, -0.05) is 44.2 Å². The minimum atomic E-state index is -1.21. The van der Waals surface area contributed by atoms with Gasteiger partial charge in [0, 0.05) is 30.9 Å². The Hall–Kier alpha value is -2.20. The molecule has 1 atom stereocenters. The molecule has 4 heteroatoms. The highest BCUT2D eigenvalue weighted by atomic mass is 16.2. The van der Waals surface area contributed by atoms with E-state index in [0.717, 1.165) is 13.1 Å². The normalized spacial score (nSPS) is 13.7. The molecule has 1 aromatic heterocycles. The van der Waals surface area contributed by atoms with Gasteiger partial charge in [-0.05, 0) is 32.1 Å². The van der Waals surface area contributed by atoms with Crippen molar-refractivity contribution in [2.24, 2.45) is 0 Å². The van der Waals surface area contributed by atoms with Crippen LogP contribution >= 0.6 is 0 Å². The zero-order chi connectivity index (χ0) is 17.6. The molecular weight excluding hydrogens is 300 g/mol. The van der Waals surface area contributed by atoms with Crippen molar-refractivity contribution in [3.8, 4) is 0 Å². The number of rotatable bonds is 9. The first-order valence-corrected chi connectivity index (χ1v) is 8.53. The van der Waals surface area contributed by atoms with Crippen LogP contribution in [0.2, 0.25) is 0 Å². The van der Waals surface area contributed by atoms with Crippen LogP contribution < -0.4 is 0 Å². The van der Waals surface area contributed by atoms with Gasteiger partial charge in [-0.2, -0.15) is 0 Å². The molecule has 0 fully saturated rings. The molecule has 0 saturated heterocycles. The molecule has 0 radical (unpaired) electrons. The van der Waals surface area contributed by atoms with Crippen molar-refractivity contribution in [2.75, 3.05) is 19.6 Å². The monoisotopic (exact) mass is 326 g/mol. The molecule has 0 aliphatic carbocycles. The summed E-state index contributed by atoms with van der Waals surface area (Å²) in [6.07, 6.45) is 3.93. The lowest BCUT2D eigenvalue weighted by Crippen LogP contribution is -2.47. The van der Waals surface area contributed by atoms with Crippen LogP contribution in [-0.2, 0) is 10.3 Å². The fraction of sp³-hybridized carbons (Fsp3) is 0.400. The SMILES string of the molecule is CCN(CC)CCC(=O)C(C)(C(=O)c1ccccc1)n1cccc1. The molecule has 0 amide bonds. The molecule has 0 N–H and O–H groups in total. The second kappa shape index (κ2) is 8.06. The zero-order valence-electron chi connectivity index (χ0n) is 14.7. The maximum Gasteiger partial charge on any atom is 0.196 e. The second-order valence-electron chi connectivity index (χ2n) is 6.06. The molecule has 0 aliphatic rings. The largest absolute Gasteiger partial charge is 0.335 e. The number of nitrogens with zero attached hydrogens (tertiary/aromatic N) is 2. The standard InChI is InChI=1S/C20H26N2O2/c1-4-21(5-2)16-13-18(23)20(3,22-14-9-10-15-22)19(24)17-11-7-6-8-12-17/h6-12,14-15H,4-5,13,16H2,1-3H3. The summed E-state index contributed by atoms with van der Waals surface area (Å²) in [7, 11) is 0. The highest BCUT2D eigenvalue weighted by molar-refractivity contribution is 6.16. The van der Waals surface area contributed by atoms with E-state index in [1.165, 1.54) is 0 Å². The average Bonchev–Trinajstić information content (AvgIpc) is 3.17. The maximum absolute atomic E-state index is 13.1. The number of hydrogen-bond acceptors (Lipinski definition) is 3. The molecule has 1 unspecified atom stereocenters. The van der Waals surface area contributed by atoms with Crippen molar-refractivity contribution < 1.29 is 9.59 Å². The van der Waals surface area contributed by atoms with E-state index in [-0.39, 0.29) is 11.6 Å². The van der Waals surface area contributed by atoms with Crippen molar-refractivity contribution in [2.45, 2.75) is 32.7 Å². The fourth-order valence-corrected chi connectivity index (χ4v) is 2.93. The summed E-state index contributed by atoms with van der Waals surface area (Å²) < 4.78 is 1.73. The van der Waals surface area contributed by atoms with Gasteiger partial charge in [0.15, 0.2) is 17.1 Å². The minimum Gasteiger partial charge on any atom is -0.335 e. The number of carbonyl (C=O) groups is 2. The van der Waals surface area contributed by atoms with Crippen molar-refractivity contribution in [3.63, 3.8) is 0 Å². The molecule has 0 aliphatic heterocycles. The van der Waals surface area contributed by atoms with Gasteiger partial charge in [-0.25, -0.2) is 0 Å². The number of benzene rings is 1. The molecule has 1 heterocycles. The summed E-state index contributed by atoms with van der Waals surface area (Å²) in [4.78, 5) is 28.4. The Kier molecular flexibility index (Phi) is 6.10. The van der Waals surface area contributed by atoms with Gasteiger partial charge in [-0.15, -0.1) is 0 Å². The topological polar surface area (TPSA) is 42.3 Å². The van der Waals surface area contributed by atoms with E-state index in [2.05, 4.69) is 18.7 Å². The average molecular weight is 326 g/mol. The highest BCUT2D eigenvalue weighted by Crippen LogP contribution is 2.25. The van der Waals surface area contributed by atoms with E-state index in [0.29, 0.717) is 18.5 Å². The Bertz CT molecular complexity index is 660. The van der Waals surface area contributed by atoms with Gasteiger partial charge in [0.1, 0.15) is 0 Å². The van der Waals surface area contributed by atoms with E-state index in [4.69, 9.17) is 0 Å². The van der Waals surface area contributed by atoms with Crippen molar-refractivity contribution in [3.05, 3.63) is 60.4 Å². The van der Waals surface area contributed by atoms with Crippen LogP contribution in [0.3, 0.4) is 0 Å². The number of carbonyl (C=O) groups excluding carboxylic acids is 2. The summed E-state index contributed by atoms with van der Waals surface area (Å²) in [5, 5.41) is 0. The Morgan fingerprint density at radius 1 is 1.00 bits per heavy atom.